The van der Waals surface area contributed by atoms with E-state index in [1.807, 2.05) is 0 Å². The van der Waals surface area contributed by atoms with Gasteiger partial charge in [-0.05, 0) is 13.0 Å². The van der Waals surface area contributed by atoms with Crippen molar-refractivity contribution in [1.82, 2.24) is 0 Å². The monoisotopic (exact) mass is 267 g/mol. The van der Waals surface area contributed by atoms with Crippen LogP contribution in [0.1, 0.15) is 17.3 Å². The van der Waals surface area contributed by atoms with Gasteiger partial charge in [-0.2, -0.15) is 0 Å². The van der Waals surface area contributed by atoms with Gasteiger partial charge in [0.25, 0.3) is 0 Å². The Kier molecular flexibility index (Phi) is 4.93. The first-order chi connectivity index (χ1) is 8.95. The molecule has 0 atom stereocenters. The minimum atomic E-state index is -1.47. The summed E-state index contributed by atoms with van der Waals surface area (Å²) < 4.78 is 26.0. The number of nitrogens with one attached hydrogen (secondary N) is 1. The molecule has 4 nitrogen and oxygen atoms in total. The number of carbonyl (C=O) groups is 2. The Labute approximate surface area is 108 Å². The molecule has 0 aromatic heterocycles. The van der Waals surface area contributed by atoms with Crippen molar-refractivity contribution in [2.45, 2.75) is 6.92 Å². The molecule has 0 unspecified atom stereocenters. The molecule has 0 saturated carbocycles. The van der Waals surface area contributed by atoms with Crippen LogP contribution in [0.25, 0.3) is 0 Å². The van der Waals surface area contributed by atoms with Gasteiger partial charge in [-0.15, -0.1) is 0 Å². The molecule has 0 saturated heterocycles. The summed E-state index contributed by atoms with van der Waals surface area (Å²) in [4.78, 5) is 22.3. The van der Waals surface area contributed by atoms with Gasteiger partial charge in [0.2, 0.25) is 5.91 Å². The Hall–Kier alpha value is -2.50. The van der Waals surface area contributed by atoms with E-state index in [9.17, 15) is 18.4 Å². The van der Waals surface area contributed by atoms with Gasteiger partial charge in [0.05, 0.1) is 11.3 Å². The zero-order valence-corrected chi connectivity index (χ0v) is 9.98. The summed E-state index contributed by atoms with van der Waals surface area (Å²) in [7, 11) is 0. The van der Waals surface area contributed by atoms with Gasteiger partial charge in [0.1, 0.15) is 0 Å². The molecule has 0 radical (unpaired) electrons. The maximum absolute atomic E-state index is 13.0. The Morgan fingerprint density at radius 3 is 2.42 bits per heavy atom. The third-order valence-corrected chi connectivity index (χ3v) is 2.10. The van der Waals surface area contributed by atoms with Gasteiger partial charge in [0, 0.05) is 12.1 Å². The summed E-state index contributed by atoms with van der Waals surface area (Å²) in [5.41, 5.74) is -0.826. The highest BCUT2D eigenvalue weighted by atomic mass is 19.2. The Morgan fingerprint density at radius 2 is 1.84 bits per heavy atom. The van der Waals surface area contributed by atoms with Gasteiger partial charge in [-0.3, -0.25) is 4.79 Å². The van der Waals surface area contributed by atoms with Crippen molar-refractivity contribution >= 4 is 17.6 Å². The fourth-order valence-corrected chi connectivity index (χ4v) is 1.26. The van der Waals surface area contributed by atoms with E-state index in [-0.39, 0.29) is 5.69 Å². The topological polar surface area (TPSA) is 66.4 Å². The van der Waals surface area contributed by atoms with Gasteiger partial charge in [-0.1, -0.05) is 18.2 Å². The quantitative estimate of drug-likeness (QED) is 0.651. The molecule has 1 aromatic rings. The van der Waals surface area contributed by atoms with Crippen LogP contribution in [0.3, 0.4) is 0 Å². The average Bonchev–Trinajstić information content (AvgIpc) is 2.33. The lowest BCUT2D eigenvalue weighted by atomic mass is 10.1. The highest BCUT2D eigenvalue weighted by molar-refractivity contribution is 6.04. The highest BCUT2D eigenvalue weighted by Gasteiger charge is 2.16. The first-order valence-electron chi connectivity index (χ1n) is 5.28. The van der Waals surface area contributed by atoms with Crippen molar-refractivity contribution in [2.75, 3.05) is 5.32 Å². The summed E-state index contributed by atoms with van der Waals surface area (Å²) in [6, 6.07) is 1.14. The largest absolute Gasteiger partial charge is 0.478 e. The van der Waals surface area contributed by atoms with Crippen molar-refractivity contribution in [3.05, 3.63) is 53.6 Å². The van der Waals surface area contributed by atoms with E-state index in [1.54, 1.807) is 19.1 Å². The van der Waals surface area contributed by atoms with Crippen molar-refractivity contribution in [3.63, 3.8) is 0 Å². The van der Waals surface area contributed by atoms with Crippen molar-refractivity contribution in [1.29, 1.82) is 0 Å². The minimum absolute atomic E-state index is 0.304. The zero-order chi connectivity index (χ0) is 14.4. The summed E-state index contributed by atoms with van der Waals surface area (Å²) >= 11 is 0. The Morgan fingerprint density at radius 1 is 1.21 bits per heavy atom. The predicted octanol–water partition coefficient (Wildman–Crippen LogP) is 2.73. The van der Waals surface area contributed by atoms with Crippen molar-refractivity contribution in [3.8, 4) is 0 Å². The number of hydrogen-bond acceptors (Lipinski definition) is 2. The molecule has 0 fully saturated rings. The van der Waals surface area contributed by atoms with Crippen LogP contribution in [0.4, 0.5) is 14.5 Å². The molecule has 2 N–H and O–H groups in total. The number of allylic oxidation sites excluding steroid dienone is 3. The summed E-state index contributed by atoms with van der Waals surface area (Å²) in [6.45, 7) is 1.75. The zero-order valence-electron chi connectivity index (χ0n) is 9.98. The smallest absolute Gasteiger partial charge is 0.337 e. The third kappa shape index (κ3) is 4.02. The molecule has 1 rings (SSSR count). The lowest BCUT2D eigenvalue weighted by Crippen LogP contribution is -2.13. The molecular formula is C13H11F2NO3. The lowest BCUT2D eigenvalue weighted by molar-refractivity contribution is -0.111. The molecule has 0 spiro atoms. The fraction of sp³-hybridized carbons (Fsp3) is 0.0769. The number of anilines is 1. The van der Waals surface area contributed by atoms with E-state index in [0.29, 0.717) is 12.1 Å². The van der Waals surface area contributed by atoms with Crippen LogP contribution in [-0.4, -0.2) is 17.0 Å². The van der Waals surface area contributed by atoms with Crippen LogP contribution in [-0.2, 0) is 4.79 Å². The van der Waals surface area contributed by atoms with E-state index in [2.05, 4.69) is 5.32 Å². The molecule has 1 aromatic carbocycles. The number of halogens is 2. The maximum Gasteiger partial charge on any atom is 0.337 e. The van der Waals surface area contributed by atoms with Crippen LogP contribution in [0.2, 0.25) is 0 Å². The summed E-state index contributed by atoms with van der Waals surface area (Å²) in [5, 5.41) is 11.0. The van der Waals surface area contributed by atoms with E-state index < -0.39 is 29.1 Å². The lowest BCUT2D eigenvalue weighted by Gasteiger charge is -2.07. The number of benzene rings is 1. The molecule has 1 amide bonds. The molecule has 0 heterocycles. The average molecular weight is 267 g/mol. The van der Waals surface area contributed by atoms with Crippen LogP contribution < -0.4 is 5.32 Å². The second-order valence-corrected chi connectivity index (χ2v) is 3.49. The van der Waals surface area contributed by atoms with Gasteiger partial charge < -0.3 is 10.4 Å². The first kappa shape index (κ1) is 14.6. The van der Waals surface area contributed by atoms with Gasteiger partial charge >= 0.3 is 5.97 Å². The number of rotatable bonds is 4. The number of carboxylic acids is 1. The van der Waals surface area contributed by atoms with Gasteiger partial charge in [-0.25, -0.2) is 13.6 Å². The number of carbonyl (C=O) groups excluding carboxylic acids is 1. The summed E-state index contributed by atoms with van der Waals surface area (Å²) in [6.07, 6.45) is 5.83. The molecule has 0 aliphatic rings. The Bertz CT molecular complexity index is 565. The van der Waals surface area contributed by atoms with Crippen LogP contribution in [0, 0.1) is 11.6 Å². The van der Waals surface area contributed by atoms with Crippen molar-refractivity contribution < 1.29 is 23.5 Å². The number of aromatic carboxylic acids is 1. The standard InChI is InChI=1S/C13H11F2NO3/c1-2-3-4-5-12(17)16-11-7-10(15)9(14)6-8(11)13(18)19/h2-7H,1H3,(H,16,17)(H,18,19). The summed E-state index contributed by atoms with van der Waals surface area (Å²) in [5.74, 6) is -4.64. The van der Waals surface area contributed by atoms with Crippen molar-refractivity contribution in [2.24, 2.45) is 0 Å². The van der Waals surface area contributed by atoms with E-state index in [1.165, 1.54) is 6.08 Å². The molecule has 0 aliphatic heterocycles. The fourth-order valence-electron chi connectivity index (χ4n) is 1.26. The van der Waals surface area contributed by atoms with E-state index in [4.69, 9.17) is 5.11 Å². The molecule has 19 heavy (non-hydrogen) atoms. The Balaban J connectivity index is 3.03. The molecule has 0 aliphatic carbocycles. The van der Waals surface area contributed by atoms with E-state index in [0.717, 1.165) is 6.08 Å². The van der Waals surface area contributed by atoms with Crippen LogP contribution in [0.15, 0.2) is 36.4 Å². The highest BCUT2D eigenvalue weighted by Crippen LogP contribution is 2.20. The molecule has 6 heteroatoms. The second kappa shape index (κ2) is 6.44. The molecular weight excluding hydrogens is 256 g/mol. The van der Waals surface area contributed by atoms with Gasteiger partial charge in [0.15, 0.2) is 11.6 Å². The first-order valence-corrected chi connectivity index (χ1v) is 5.28. The number of hydrogen-bond donors (Lipinski definition) is 2. The molecule has 0 bridgehead atoms. The third-order valence-electron chi connectivity index (χ3n) is 2.10. The van der Waals surface area contributed by atoms with Crippen LogP contribution in [0.5, 0.6) is 0 Å². The normalized spacial score (nSPS) is 11.1. The maximum atomic E-state index is 13.0. The number of carboxylic acid groups (broad SMARTS) is 1. The number of amides is 1. The minimum Gasteiger partial charge on any atom is -0.478 e. The predicted molar refractivity (Wildman–Crippen MR) is 65.9 cm³/mol. The molecule has 100 valence electrons. The second-order valence-electron chi connectivity index (χ2n) is 3.49. The van der Waals surface area contributed by atoms with Crippen LogP contribution >= 0.6 is 0 Å². The van der Waals surface area contributed by atoms with E-state index >= 15 is 0 Å². The SMILES string of the molecule is CC=CC=CC(=O)Nc1cc(F)c(F)cc1C(=O)O.